The SMILES string of the molecule is CNC(=O)C(CC(C)C)NCc1cnc2ccccc2n1. The van der Waals surface area contributed by atoms with Gasteiger partial charge in [-0.1, -0.05) is 26.0 Å². The number of carbonyl (C=O) groups excluding carboxylic acids is 1. The van der Waals surface area contributed by atoms with Crippen molar-refractivity contribution in [3.8, 4) is 0 Å². The highest BCUT2D eigenvalue weighted by Gasteiger charge is 2.18. The van der Waals surface area contributed by atoms with Gasteiger partial charge < -0.3 is 10.6 Å². The number of nitrogens with zero attached hydrogens (tertiary/aromatic N) is 2. The van der Waals surface area contributed by atoms with Crippen molar-refractivity contribution >= 4 is 16.9 Å². The van der Waals surface area contributed by atoms with E-state index in [1.165, 1.54) is 0 Å². The molecule has 1 atom stereocenters. The van der Waals surface area contributed by atoms with Gasteiger partial charge in [0.05, 0.1) is 29.0 Å². The molecule has 0 spiro atoms. The average Bonchev–Trinajstić information content (AvgIpc) is 2.50. The summed E-state index contributed by atoms with van der Waals surface area (Å²) in [5.74, 6) is 0.458. The van der Waals surface area contributed by atoms with Crippen LogP contribution in [-0.4, -0.2) is 29.0 Å². The lowest BCUT2D eigenvalue weighted by molar-refractivity contribution is -0.123. The molecule has 1 aromatic carbocycles. The zero-order valence-electron chi connectivity index (χ0n) is 12.8. The number of carbonyl (C=O) groups is 1. The summed E-state index contributed by atoms with van der Waals surface area (Å²) >= 11 is 0. The predicted octanol–water partition coefficient (Wildman–Crippen LogP) is 1.88. The van der Waals surface area contributed by atoms with Crippen molar-refractivity contribution in [2.45, 2.75) is 32.9 Å². The number of aromatic nitrogens is 2. The van der Waals surface area contributed by atoms with E-state index >= 15 is 0 Å². The van der Waals surface area contributed by atoms with E-state index in [9.17, 15) is 4.79 Å². The minimum absolute atomic E-state index is 0.0115. The summed E-state index contributed by atoms with van der Waals surface area (Å²) < 4.78 is 0. The molecular formula is C16H22N4O. The highest BCUT2D eigenvalue weighted by molar-refractivity contribution is 5.81. The highest BCUT2D eigenvalue weighted by Crippen LogP contribution is 2.09. The van der Waals surface area contributed by atoms with Gasteiger partial charge in [0.15, 0.2) is 0 Å². The number of para-hydroxylation sites is 2. The summed E-state index contributed by atoms with van der Waals surface area (Å²) in [4.78, 5) is 20.8. The Bertz CT molecular complexity index is 612. The van der Waals surface area contributed by atoms with E-state index in [0.29, 0.717) is 12.5 Å². The van der Waals surface area contributed by atoms with Crippen molar-refractivity contribution in [1.82, 2.24) is 20.6 Å². The number of rotatable bonds is 6. The number of hydrogen-bond acceptors (Lipinski definition) is 4. The molecule has 2 aromatic rings. The van der Waals surface area contributed by atoms with E-state index in [1.54, 1.807) is 13.2 Å². The van der Waals surface area contributed by atoms with E-state index in [4.69, 9.17) is 0 Å². The van der Waals surface area contributed by atoms with Crippen LogP contribution in [0.25, 0.3) is 11.0 Å². The molecule has 0 saturated carbocycles. The maximum atomic E-state index is 11.9. The van der Waals surface area contributed by atoms with E-state index in [-0.39, 0.29) is 11.9 Å². The Morgan fingerprint density at radius 1 is 1.24 bits per heavy atom. The standard InChI is InChI=1S/C16H22N4O/c1-11(2)8-15(16(21)17-3)19-10-12-9-18-13-6-4-5-7-14(13)20-12/h4-7,9,11,15,19H,8,10H2,1-3H3,(H,17,21). The van der Waals surface area contributed by atoms with Gasteiger partial charge in [-0.25, -0.2) is 4.98 Å². The van der Waals surface area contributed by atoms with Gasteiger partial charge in [0.2, 0.25) is 5.91 Å². The van der Waals surface area contributed by atoms with Crippen molar-refractivity contribution < 1.29 is 4.79 Å². The van der Waals surface area contributed by atoms with Gasteiger partial charge in [-0.05, 0) is 24.5 Å². The Balaban J connectivity index is 2.06. The Hall–Kier alpha value is -2.01. The Kier molecular flexibility index (Phi) is 5.22. The summed E-state index contributed by atoms with van der Waals surface area (Å²) in [6, 6.07) is 7.56. The number of likely N-dealkylation sites (N-methyl/N-ethyl adjacent to an activating group) is 1. The molecule has 5 nitrogen and oxygen atoms in total. The smallest absolute Gasteiger partial charge is 0.236 e. The number of fused-ring (bicyclic) bond motifs is 1. The quantitative estimate of drug-likeness (QED) is 0.851. The monoisotopic (exact) mass is 286 g/mol. The molecule has 1 amide bonds. The van der Waals surface area contributed by atoms with Crippen LogP contribution in [0.15, 0.2) is 30.5 Å². The number of nitrogens with one attached hydrogen (secondary N) is 2. The van der Waals surface area contributed by atoms with E-state index in [2.05, 4.69) is 34.4 Å². The van der Waals surface area contributed by atoms with Crippen LogP contribution in [0, 0.1) is 5.92 Å². The van der Waals surface area contributed by atoms with E-state index in [0.717, 1.165) is 23.1 Å². The van der Waals surface area contributed by atoms with E-state index in [1.807, 2.05) is 24.3 Å². The number of benzene rings is 1. The topological polar surface area (TPSA) is 66.9 Å². The molecule has 0 aliphatic rings. The van der Waals surface area contributed by atoms with E-state index < -0.39 is 0 Å². The van der Waals surface area contributed by atoms with Gasteiger partial charge in [-0.3, -0.25) is 9.78 Å². The minimum Gasteiger partial charge on any atom is -0.358 e. The van der Waals surface area contributed by atoms with Crippen LogP contribution in [0.5, 0.6) is 0 Å². The fraction of sp³-hybridized carbons (Fsp3) is 0.438. The molecule has 2 N–H and O–H groups in total. The van der Waals surface area contributed by atoms with Crippen LogP contribution in [0.1, 0.15) is 26.0 Å². The molecule has 1 unspecified atom stereocenters. The lowest BCUT2D eigenvalue weighted by Gasteiger charge is -2.18. The van der Waals surface area contributed by atoms with Crippen LogP contribution in [0.3, 0.4) is 0 Å². The van der Waals surface area contributed by atoms with Crippen LogP contribution >= 0.6 is 0 Å². The molecule has 112 valence electrons. The normalized spacial score (nSPS) is 12.6. The third-order valence-corrected chi connectivity index (χ3v) is 3.30. The number of hydrogen-bond donors (Lipinski definition) is 2. The van der Waals surface area contributed by atoms with Crippen LogP contribution < -0.4 is 10.6 Å². The Morgan fingerprint density at radius 3 is 2.62 bits per heavy atom. The second-order valence-electron chi connectivity index (χ2n) is 5.53. The van der Waals surface area contributed by atoms with Crippen molar-refractivity contribution in [2.24, 2.45) is 5.92 Å². The van der Waals surface area contributed by atoms with Gasteiger partial charge in [-0.2, -0.15) is 0 Å². The summed E-state index contributed by atoms with van der Waals surface area (Å²) in [6.45, 7) is 4.74. The summed E-state index contributed by atoms with van der Waals surface area (Å²) in [6.07, 6.45) is 2.55. The van der Waals surface area contributed by atoms with Gasteiger partial charge in [0.25, 0.3) is 0 Å². The second kappa shape index (κ2) is 7.13. The summed E-state index contributed by atoms with van der Waals surface area (Å²) in [5, 5.41) is 5.97. The first-order valence-electron chi connectivity index (χ1n) is 7.25. The third kappa shape index (κ3) is 4.23. The van der Waals surface area contributed by atoms with Crippen molar-refractivity contribution in [3.63, 3.8) is 0 Å². The molecule has 5 heteroatoms. The maximum absolute atomic E-state index is 11.9. The molecule has 2 rings (SSSR count). The third-order valence-electron chi connectivity index (χ3n) is 3.30. The van der Waals surface area contributed by atoms with Crippen molar-refractivity contribution in [3.05, 3.63) is 36.2 Å². The zero-order valence-corrected chi connectivity index (χ0v) is 12.8. The minimum atomic E-state index is -0.205. The summed E-state index contributed by atoms with van der Waals surface area (Å²) in [7, 11) is 1.66. The first-order valence-corrected chi connectivity index (χ1v) is 7.25. The molecule has 0 aliphatic heterocycles. The van der Waals surface area contributed by atoms with Gasteiger partial charge >= 0.3 is 0 Å². The highest BCUT2D eigenvalue weighted by atomic mass is 16.2. The summed E-state index contributed by atoms with van der Waals surface area (Å²) in [5.41, 5.74) is 2.59. The number of amides is 1. The molecule has 21 heavy (non-hydrogen) atoms. The molecule has 0 saturated heterocycles. The lowest BCUT2D eigenvalue weighted by Crippen LogP contribution is -2.43. The fourth-order valence-electron chi connectivity index (χ4n) is 2.24. The van der Waals surface area contributed by atoms with Gasteiger partial charge in [-0.15, -0.1) is 0 Å². The van der Waals surface area contributed by atoms with Crippen LogP contribution in [0.4, 0.5) is 0 Å². The van der Waals surface area contributed by atoms with Crippen LogP contribution in [-0.2, 0) is 11.3 Å². The second-order valence-corrected chi connectivity index (χ2v) is 5.53. The zero-order chi connectivity index (χ0) is 15.2. The van der Waals surface area contributed by atoms with Crippen LogP contribution in [0.2, 0.25) is 0 Å². The molecule has 0 bridgehead atoms. The first-order chi connectivity index (χ1) is 10.1. The lowest BCUT2D eigenvalue weighted by atomic mass is 10.0. The van der Waals surface area contributed by atoms with Crippen molar-refractivity contribution in [1.29, 1.82) is 0 Å². The Labute approximate surface area is 125 Å². The fourth-order valence-corrected chi connectivity index (χ4v) is 2.24. The predicted molar refractivity (Wildman–Crippen MR) is 83.7 cm³/mol. The van der Waals surface area contributed by atoms with Gasteiger partial charge in [0.1, 0.15) is 0 Å². The molecule has 0 aliphatic carbocycles. The van der Waals surface area contributed by atoms with Gasteiger partial charge in [0, 0.05) is 13.6 Å². The molecule has 1 heterocycles. The maximum Gasteiger partial charge on any atom is 0.236 e. The molecule has 0 radical (unpaired) electrons. The molecular weight excluding hydrogens is 264 g/mol. The average molecular weight is 286 g/mol. The molecule has 1 aromatic heterocycles. The first kappa shape index (κ1) is 15.4. The van der Waals surface area contributed by atoms with Crippen molar-refractivity contribution in [2.75, 3.05) is 7.05 Å². The Morgan fingerprint density at radius 2 is 1.95 bits per heavy atom. The largest absolute Gasteiger partial charge is 0.358 e. The molecule has 0 fully saturated rings.